The Morgan fingerprint density at radius 2 is 1.78 bits per heavy atom. The number of esters is 1. The number of fused-ring (bicyclic) bond motifs is 1. The van der Waals surface area contributed by atoms with Crippen LogP contribution in [0.4, 0.5) is 0 Å². The molecule has 10 heteroatoms. The van der Waals surface area contributed by atoms with E-state index < -0.39 is 66.3 Å². The average Bonchev–Trinajstić information content (AvgIpc) is 3.76. The summed E-state index contributed by atoms with van der Waals surface area (Å²) in [6.07, 6.45) is 5.14. The molecule has 3 heterocycles. The van der Waals surface area contributed by atoms with Gasteiger partial charge >= 0.3 is 5.97 Å². The predicted molar refractivity (Wildman–Crippen MR) is 185 cm³/mol. The van der Waals surface area contributed by atoms with E-state index in [1.54, 1.807) is 24.0 Å². The molecular weight excluding hydrogens is 622 g/mol. The summed E-state index contributed by atoms with van der Waals surface area (Å²) in [5.74, 6) is -3.48. The first-order valence-electron chi connectivity index (χ1n) is 17.4. The Morgan fingerprint density at radius 1 is 1.10 bits per heavy atom. The van der Waals surface area contributed by atoms with Gasteiger partial charge in [-0.3, -0.25) is 19.2 Å². The molecule has 49 heavy (non-hydrogen) atoms. The van der Waals surface area contributed by atoms with Crippen molar-refractivity contribution in [2.45, 2.75) is 88.3 Å². The van der Waals surface area contributed by atoms with Gasteiger partial charge in [0.25, 0.3) is 0 Å². The third kappa shape index (κ3) is 7.07. The Bertz CT molecular complexity index is 1500. The first-order valence-corrected chi connectivity index (χ1v) is 17.4. The summed E-state index contributed by atoms with van der Waals surface area (Å²) in [4.78, 5) is 59.6. The third-order valence-electron chi connectivity index (χ3n) is 10.2. The number of hydrogen-bond donors (Lipinski definition) is 2. The van der Waals surface area contributed by atoms with Crippen molar-refractivity contribution in [2.75, 3.05) is 19.7 Å². The Balaban J connectivity index is 1.51. The first kappa shape index (κ1) is 36.0. The Hall–Kier alpha value is -4.28. The SMILES string of the molecule is C=CCCC(=O)N[C@@H](C)[C@H](OC(=O)[C@@H]1[C@H]2C(=O)N([C@H](CO)c3ccccc3)[C@H](C(=O)N(CC=C)CCCC)[C@]23CC[C@H]1O3)c1ccccc1. The van der Waals surface area contributed by atoms with Crippen molar-refractivity contribution in [2.24, 2.45) is 11.8 Å². The standard InChI is InChI=1S/C39H49N3O7/c1-5-8-20-31(44)40-26(4)34(28-18-14-11-15-19-28)48-38(47)32-30-21-22-39(49-30)33(32)36(45)42(29(25-43)27-16-12-10-13-17-27)35(39)37(46)41(23-7-3)24-9-6-2/h5,7,10-19,26,29-30,32-35,43H,1,3,6,8-9,20-25H2,2,4H3,(H,40,44)/t26-,29+,30+,32-,33-,34-,35+,39-/m0/s1. The van der Waals surface area contributed by atoms with E-state index in [0.29, 0.717) is 36.9 Å². The summed E-state index contributed by atoms with van der Waals surface area (Å²) in [6.45, 7) is 11.7. The number of aliphatic hydroxyl groups is 1. The molecule has 0 radical (unpaired) electrons. The number of amides is 3. The number of nitrogens with one attached hydrogen (secondary N) is 1. The van der Waals surface area contributed by atoms with Crippen molar-refractivity contribution in [1.82, 2.24) is 15.1 Å². The molecule has 1 spiro atoms. The van der Waals surface area contributed by atoms with Gasteiger partial charge in [-0.2, -0.15) is 0 Å². The summed E-state index contributed by atoms with van der Waals surface area (Å²) < 4.78 is 12.9. The van der Waals surface area contributed by atoms with E-state index in [1.165, 1.54) is 4.90 Å². The second-order valence-electron chi connectivity index (χ2n) is 13.3. The van der Waals surface area contributed by atoms with Crippen LogP contribution in [0.25, 0.3) is 0 Å². The molecular formula is C39H49N3O7. The minimum Gasteiger partial charge on any atom is -0.455 e. The number of hydrogen-bond acceptors (Lipinski definition) is 7. The molecule has 3 fully saturated rings. The zero-order chi connectivity index (χ0) is 35.1. The highest BCUT2D eigenvalue weighted by molar-refractivity contribution is 5.98. The maximum absolute atomic E-state index is 14.8. The van der Waals surface area contributed by atoms with Crippen LogP contribution in [0.5, 0.6) is 0 Å². The Labute approximate surface area is 289 Å². The van der Waals surface area contributed by atoms with Crippen LogP contribution in [-0.4, -0.2) is 82.1 Å². The van der Waals surface area contributed by atoms with E-state index in [4.69, 9.17) is 9.47 Å². The number of benzene rings is 2. The number of nitrogens with zero attached hydrogens (tertiary/aromatic N) is 2. The van der Waals surface area contributed by atoms with Crippen LogP contribution in [0.3, 0.4) is 0 Å². The highest BCUT2D eigenvalue weighted by Gasteiger charge is 2.75. The minimum absolute atomic E-state index is 0.197. The van der Waals surface area contributed by atoms with Gasteiger partial charge < -0.3 is 29.7 Å². The second-order valence-corrected chi connectivity index (χ2v) is 13.3. The molecule has 0 aliphatic carbocycles. The summed E-state index contributed by atoms with van der Waals surface area (Å²) in [5, 5.41) is 13.7. The van der Waals surface area contributed by atoms with E-state index in [0.717, 1.165) is 12.8 Å². The van der Waals surface area contributed by atoms with Crippen molar-refractivity contribution in [3.05, 3.63) is 97.1 Å². The van der Waals surface area contributed by atoms with Crippen molar-refractivity contribution < 1.29 is 33.8 Å². The van der Waals surface area contributed by atoms with E-state index in [1.807, 2.05) is 67.6 Å². The van der Waals surface area contributed by atoms with Gasteiger partial charge in [-0.25, -0.2) is 0 Å². The lowest BCUT2D eigenvalue weighted by Gasteiger charge is -2.39. The largest absolute Gasteiger partial charge is 0.455 e. The molecule has 2 aromatic rings. The maximum Gasteiger partial charge on any atom is 0.313 e. The molecule has 3 aliphatic rings. The van der Waals surface area contributed by atoms with Gasteiger partial charge in [0.2, 0.25) is 17.7 Å². The molecule has 8 atom stereocenters. The average molecular weight is 672 g/mol. The molecule has 0 unspecified atom stereocenters. The molecule has 2 bridgehead atoms. The number of aliphatic hydroxyl groups excluding tert-OH is 1. The lowest BCUT2D eigenvalue weighted by Crippen LogP contribution is -2.57. The molecule has 5 rings (SSSR count). The van der Waals surface area contributed by atoms with E-state index >= 15 is 0 Å². The Kier molecular flexibility index (Phi) is 11.7. The van der Waals surface area contributed by atoms with Gasteiger partial charge in [0, 0.05) is 19.5 Å². The smallest absolute Gasteiger partial charge is 0.313 e. The van der Waals surface area contributed by atoms with Crippen molar-refractivity contribution in [3.8, 4) is 0 Å². The zero-order valence-electron chi connectivity index (χ0n) is 28.5. The summed E-state index contributed by atoms with van der Waals surface area (Å²) in [6, 6.07) is 15.8. The normalized spacial score (nSPS) is 25.6. The van der Waals surface area contributed by atoms with Gasteiger partial charge in [-0.1, -0.05) is 86.2 Å². The van der Waals surface area contributed by atoms with E-state index in [-0.39, 0.29) is 24.8 Å². The van der Waals surface area contributed by atoms with Gasteiger partial charge in [-0.15, -0.1) is 13.2 Å². The van der Waals surface area contributed by atoms with Crippen molar-refractivity contribution in [3.63, 3.8) is 0 Å². The maximum atomic E-state index is 14.8. The predicted octanol–water partition coefficient (Wildman–Crippen LogP) is 4.66. The molecule has 10 nitrogen and oxygen atoms in total. The molecule has 3 aliphatic heterocycles. The number of likely N-dealkylation sites (tertiary alicyclic amines) is 1. The number of rotatable bonds is 17. The molecule has 2 N–H and O–H groups in total. The molecule has 2 aromatic carbocycles. The fourth-order valence-corrected chi connectivity index (χ4v) is 7.91. The number of carbonyl (C=O) groups excluding carboxylic acids is 4. The van der Waals surface area contributed by atoms with Gasteiger partial charge in [-0.05, 0) is 43.7 Å². The molecule has 0 saturated carbocycles. The topological polar surface area (TPSA) is 125 Å². The lowest BCUT2D eigenvalue weighted by atomic mass is 9.70. The highest BCUT2D eigenvalue weighted by atomic mass is 16.6. The van der Waals surface area contributed by atoms with Crippen molar-refractivity contribution in [1.29, 1.82) is 0 Å². The molecule has 3 amide bonds. The molecule has 262 valence electrons. The van der Waals surface area contributed by atoms with Crippen LogP contribution in [0, 0.1) is 11.8 Å². The number of unbranched alkanes of at least 4 members (excludes halogenated alkanes) is 1. The summed E-state index contributed by atoms with van der Waals surface area (Å²) >= 11 is 0. The molecule has 0 aromatic heterocycles. The zero-order valence-corrected chi connectivity index (χ0v) is 28.5. The van der Waals surface area contributed by atoms with Crippen LogP contribution >= 0.6 is 0 Å². The van der Waals surface area contributed by atoms with Crippen LogP contribution in [-0.2, 0) is 28.7 Å². The van der Waals surface area contributed by atoms with Crippen LogP contribution in [0.1, 0.15) is 75.6 Å². The van der Waals surface area contributed by atoms with Crippen LogP contribution in [0.2, 0.25) is 0 Å². The fraction of sp³-hybridized carbons (Fsp3) is 0.487. The van der Waals surface area contributed by atoms with Gasteiger partial charge in [0.1, 0.15) is 17.7 Å². The van der Waals surface area contributed by atoms with Gasteiger partial charge in [0.15, 0.2) is 0 Å². The van der Waals surface area contributed by atoms with Gasteiger partial charge in [0.05, 0.1) is 36.6 Å². The molecule has 3 saturated heterocycles. The minimum atomic E-state index is -1.27. The van der Waals surface area contributed by atoms with E-state index in [2.05, 4.69) is 18.5 Å². The summed E-state index contributed by atoms with van der Waals surface area (Å²) in [7, 11) is 0. The third-order valence-corrected chi connectivity index (χ3v) is 10.2. The number of carbonyl (C=O) groups is 4. The lowest BCUT2D eigenvalue weighted by molar-refractivity contribution is -0.162. The number of ether oxygens (including phenoxy) is 2. The quantitative estimate of drug-likeness (QED) is 0.185. The Morgan fingerprint density at radius 3 is 2.39 bits per heavy atom. The second kappa shape index (κ2) is 16.0. The highest BCUT2D eigenvalue weighted by Crippen LogP contribution is 2.60. The van der Waals surface area contributed by atoms with E-state index in [9.17, 15) is 24.3 Å². The van der Waals surface area contributed by atoms with Crippen LogP contribution < -0.4 is 5.32 Å². The first-order chi connectivity index (χ1) is 23.7. The summed E-state index contributed by atoms with van der Waals surface area (Å²) in [5.41, 5.74) is 0.0949. The van der Waals surface area contributed by atoms with Crippen molar-refractivity contribution >= 4 is 23.7 Å². The number of allylic oxidation sites excluding steroid dienone is 1. The monoisotopic (exact) mass is 671 g/mol. The fourth-order valence-electron chi connectivity index (χ4n) is 7.91. The van der Waals surface area contributed by atoms with Crippen LogP contribution in [0.15, 0.2) is 86.0 Å².